The van der Waals surface area contributed by atoms with Crippen molar-refractivity contribution in [2.24, 2.45) is 0 Å². The molecule has 1 fully saturated rings. The number of nitrogens with zero attached hydrogens (tertiary/aromatic N) is 3. The van der Waals surface area contributed by atoms with E-state index in [1.165, 1.54) is 32.0 Å². The van der Waals surface area contributed by atoms with E-state index in [0.717, 1.165) is 25.6 Å². The Morgan fingerprint density at radius 2 is 1.74 bits per heavy atom. The predicted molar refractivity (Wildman–Crippen MR) is 138 cm³/mol. The Morgan fingerprint density at radius 3 is 2.39 bits per heavy atom. The summed E-state index contributed by atoms with van der Waals surface area (Å²) in [5.74, 6) is -1.61. The molecule has 10 heteroatoms. The molecule has 0 amide bonds. The number of pyridine rings is 1. The second kappa shape index (κ2) is 11.4. The monoisotopic (exact) mass is 519 g/mol. The molecule has 1 aromatic heterocycles. The number of hydrogen-bond acceptors (Lipinski definition) is 8. The predicted octanol–water partition coefficient (Wildman–Crippen LogP) is 4.12. The van der Waals surface area contributed by atoms with Crippen molar-refractivity contribution in [1.29, 1.82) is 0 Å². The maximum atomic E-state index is 13.7. The third-order valence-electron chi connectivity index (χ3n) is 6.76. The molecule has 0 saturated carbocycles. The molecule has 1 atom stereocenters. The molecule has 0 aliphatic carbocycles. The number of non-ortho nitro benzene ring substituents is 1. The fraction of sp³-hybridized carbons (Fsp3) is 0.321. The molecule has 1 unspecified atom stereocenters. The summed E-state index contributed by atoms with van der Waals surface area (Å²) in [4.78, 5) is 39.6. The first kappa shape index (κ1) is 26.7. The lowest BCUT2D eigenvalue weighted by molar-refractivity contribution is -0.619. The van der Waals surface area contributed by atoms with Gasteiger partial charge in [-0.15, -0.1) is 0 Å². The zero-order chi connectivity index (χ0) is 27.4. The fourth-order valence-corrected chi connectivity index (χ4v) is 4.91. The molecule has 38 heavy (non-hydrogen) atoms. The largest absolute Gasteiger partial charge is 0.618 e. The Labute approximate surface area is 220 Å². The summed E-state index contributed by atoms with van der Waals surface area (Å²) in [6.07, 6.45) is 1.04. The number of ether oxygens (including phenoxy) is 2. The minimum absolute atomic E-state index is 0.0131. The number of nitro benzene ring substituents is 1. The fourth-order valence-electron chi connectivity index (χ4n) is 4.91. The Bertz CT molecular complexity index is 1370. The third kappa shape index (κ3) is 5.50. The van der Waals surface area contributed by atoms with Crippen molar-refractivity contribution >= 4 is 17.6 Å². The van der Waals surface area contributed by atoms with Crippen LogP contribution in [0.5, 0.6) is 0 Å². The Hall–Kier alpha value is -4.31. The van der Waals surface area contributed by atoms with Gasteiger partial charge in [0.05, 0.1) is 12.0 Å². The third-order valence-corrected chi connectivity index (χ3v) is 6.76. The zero-order valence-electron chi connectivity index (χ0n) is 21.5. The smallest absolute Gasteiger partial charge is 0.345 e. The molecule has 2 heterocycles. The normalized spacial score (nSPS) is 15.6. The van der Waals surface area contributed by atoms with E-state index in [4.69, 9.17) is 9.47 Å². The van der Waals surface area contributed by atoms with Crippen LogP contribution in [0.15, 0.2) is 54.6 Å². The van der Waals surface area contributed by atoms with Gasteiger partial charge in [-0.3, -0.25) is 15.0 Å². The minimum Gasteiger partial charge on any atom is -0.618 e. The summed E-state index contributed by atoms with van der Waals surface area (Å²) in [5, 5.41) is 24.5. The number of methoxy groups -OCH3 is 1. The van der Waals surface area contributed by atoms with Gasteiger partial charge in [-0.2, -0.15) is 4.73 Å². The molecule has 3 aromatic rings. The van der Waals surface area contributed by atoms with Crippen LogP contribution in [0.25, 0.3) is 11.1 Å². The number of carbonyl (C=O) groups is 2. The van der Waals surface area contributed by atoms with Gasteiger partial charge < -0.3 is 14.7 Å². The van der Waals surface area contributed by atoms with Crippen LogP contribution in [0.1, 0.15) is 50.5 Å². The summed E-state index contributed by atoms with van der Waals surface area (Å²) in [5.41, 5.74) is 1.00. The van der Waals surface area contributed by atoms with Crippen molar-refractivity contribution < 1.29 is 28.7 Å². The average molecular weight is 520 g/mol. The van der Waals surface area contributed by atoms with E-state index < -0.39 is 23.0 Å². The highest BCUT2D eigenvalue weighted by Crippen LogP contribution is 2.34. The highest BCUT2D eigenvalue weighted by molar-refractivity contribution is 6.06. The molecule has 10 nitrogen and oxygen atoms in total. The van der Waals surface area contributed by atoms with Gasteiger partial charge in [0.25, 0.3) is 5.69 Å². The second-order valence-electron chi connectivity index (χ2n) is 9.28. The molecule has 198 valence electrons. The van der Waals surface area contributed by atoms with Crippen LogP contribution < -0.4 is 4.73 Å². The van der Waals surface area contributed by atoms with Gasteiger partial charge in [-0.1, -0.05) is 42.5 Å². The van der Waals surface area contributed by atoms with Crippen LogP contribution in [-0.4, -0.2) is 48.1 Å². The van der Waals surface area contributed by atoms with E-state index in [9.17, 15) is 24.9 Å². The highest BCUT2D eigenvalue weighted by atomic mass is 16.6. The first-order valence-corrected chi connectivity index (χ1v) is 12.3. The first-order chi connectivity index (χ1) is 18.2. The van der Waals surface area contributed by atoms with Crippen molar-refractivity contribution in [1.82, 2.24) is 4.90 Å². The lowest BCUT2D eigenvalue weighted by Crippen LogP contribution is -2.42. The number of aromatic nitrogens is 1. The van der Waals surface area contributed by atoms with Crippen molar-refractivity contribution in [3.8, 4) is 11.1 Å². The highest BCUT2D eigenvalue weighted by Gasteiger charge is 2.35. The summed E-state index contributed by atoms with van der Waals surface area (Å²) < 4.78 is 11.3. The summed E-state index contributed by atoms with van der Waals surface area (Å²) in [6, 6.07) is 15.5. The van der Waals surface area contributed by atoms with Crippen LogP contribution in [0.2, 0.25) is 0 Å². The number of carbonyl (C=O) groups excluding carboxylic acids is 2. The van der Waals surface area contributed by atoms with Crippen molar-refractivity contribution in [3.63, 3.8) is 0 Å². The number of piperidine rings is 1. The zero-order valence-corrected chi connectivity index (χ0v) is 21.5. The topological polar surface area (TPSA) is 126 Å². The molecular formula is C28H29N3O7. The van der Waals surface area contributed by atoms with Crippen molar-refractivity contribution in [2.75, 3.05) is 20.2 Å². The van der Waals surface area contributed by atoms with Gasteiger partial charge >= 0.3 is 11.9 Å². The molecule has 0 radical (unpaired) electrons. The quantitative estimate of drug-likeness (QED) is 0.150. The minimum atomic E-state index is -0.839. The van der Waals surface area contributed by atoms with Gasteiger partial charge in [-0.25, -0.2) is 9.59 Å². The van der Waals surface area contributed by atoms with Crippen LogP contribution in [0.3, 0.4) is 0 Å². The van der Waals surface area contributed by atoms with E-state index in [1.54, 1.807) is 6.07 Å². The van der Waals surface area contributed by atoms with E-state index in [1.807, 2.05) is 30.3 Å². The van der Waals surface area contributed by atoms with E-state index in [0.29, 0.717) is 24.2 Å². The maximum Gasteiger partial charge on any atom is 0.345 e. The molecule has 1 saturated heterocycles. The van der Waals surface area contributed by atoms with E-state index >= 15 is 0 Å². The standard InChI is InChI=1S/C28H29N3O7/c1-18-24(27(32)37-3)26(21-11-7-12-22(15-21)31(35)36)25(19(2)30(18)34)28(33)38-23-13-8-14-29(17-23)16-20-9-5-4-6-10-20/h4-7,9-12,15,23H,8,13-14,16-17H2,1-3H3. The number of nitro groups is 1. The van der Waals surface area contributed by atoms with Gasteiger partial charge in [0.1, 0.15) is 17.2 Å². The van der Waals surface area contributed by atoms with Gasteiger partial charge in [-0.05, 0) is 30.5 Å². The lowest BCUT2D eigenvalue weighted by Gasteiger charge is -2.32. The number of likely N-dealkylation sites (tertiary alicyclic amines) is 1. The van der Waals surface area contributed by atoms with Gasteiger partial charge in [0.2, 0.25) is 11.4 Å². The average Bonchev–Trinajstić information content (AvgIpc) is 2.92. The van der Waals surface area contributed by atoms with Crippen molar-refractivity contribution in [2.45, 2.75) is 39.3 Å². The summed E-state index contributed by atoms with van der Waals surface area (Å²) in [6.45, 7) is 4.98. The number of hydrogen-bond donors (Lipinski definition) is 0. The van der Waals surface area contributed by atoms with Gasteiger partial charge in [0, 0.05) is 44.6 Å². The van der Waals surface area contributed by atoms with E-state index in [2.05, 4.69) is 4.90 Å². The molecule has 0 N–H and O–H groups in total. The lowest BCUT2D eigenvalue weighted by atomic mass is 9.92. The molecule has 0 spiro atoms. The molecule has 0 bridgehead atoms. The van der Waals surface area contributed by atoms with Crippen LogP contribution in [0, 0.1) is 29.2 Å². The molecule has 4 rings (SSSR count). The van der Waals surface area contributed by atoms with Crippen molar-refractivity contribution in [3.05, 3.63) is 98.0 Å². The van der Waals surface area contributed by atoms with Crippen LogP contribution in [-0.2, 0) is 16.0 Å². The van der Waals surface area contributed by atoms with E-state index in [-0.39, 0.29) is 39.3 Å². The molecule has 1 aliphatic heterocycles. The molecule has 1 aliphatic rings. The number of esters is 2. The Balaban J connectivity index is 1.73. The Kier molecular flexibility index (Phi) is 8.02. The van der Waals surface area contributed by atoms with Crippen LogP contribution >= 0.6 is 0 Å². The van der Waals surface area contributed by atoms with Crippen LogP contribution in [0.4, 0.5) is 5.69 Å². The summed E-state index contributed by atoms with van der Waals surface area (Å²) in [7, 11) is 1.16. The number of rotatable bonds is 7. The van der Waals surface area contributed by atoms with Gasteiger partial charge in [0.15, 0.2) is 0 Å². The number of benzene rings is 2. The molecular weight excluding hydrogens is 490 g/mol. The second-order valence-corrected chi connectivity index (χ2v) is 9.28. The summed E-state index contributed by atoms with van der Waals surface area (Å²) >= 11 is 0. The Morgan fingerprint density at radius 1 is 1.05 bits per heavy atom. The first-order valence-electron chi connectivity index (χ1n) is 12.3. The SMILES string of the molecule is COC(=O)c1c(-c2cccc([N+](=O)[O-])c2)c(C(=O)OC2CCCN(Cc3ccccc3)C2)c(C)[n+]([O-])c1C. The maximum absolute atomic E-state index is 13.7. The molecule has 2 aromatic carbocycles.